The lowest BCUT2D eigenvalue weighted by Crippen LogP contribution is -2.11. The summed E-state index contributed by atoms with van der Waals surface area (Å²) in [6.07, 6.45) is 0.772. The summed E-state index contributed by atoms with van der Waals surface area (Å²) in [6.45, 7) is 2.01. The lowest BCUT2D eigenvalue weighted by molar-refractivity contribution is 0.102. The summed E-state index contributed by atoms with van der Waals surface area (Å²) >= 11 is 3.32. The van der Waals surface area contributed by atoms with E-state index in [1.165, 1.54) is 0 Å². The minimum atomic E-state index is -0.113. The Labute approximate surface area is 165 Å². The van der Waals surface area contributed by atoms with Gasteiger partial charge in [0.15, 0.2) is 0 Å². The molecule has 134 valence electrons. The van der Waals surface area contributed by atoms with Crippen molar-refractivity contribution >= 4 is 34.3 Å². The van der Waals surface area contributed by atoms with Gasteiger partial charge in [0.25, 0.3) is 5.91 Å². The SMILES string of the molecule is Cc1csc(Cc2nc(-c3ccc(NC(=O)c4ccccc4)cc3)cs2)n1. The number of aryl methyl sites for hydroxylation is 1. The zero-order valence-electron chi connectivity index (χ0n) is 14.7. The maximum absolute atomic E-state index is 12.2. The molecule has 4 rings (SSSR count). The Morgan fingerprint density at radius 2 is 1.63 bits per heavy atom. The predicted octanol–water partition coefficient (Wildman–Crippen LogP) is 5.42. The first-order chi connectivity index (χ1) is 13.2. The van der Waals surface area contributed by atoms with Gasteiger partial charge in [-0.1, -0.05) is 30.3 Å². The van der Waals surface area contributed by atoms with Gasteiger partial charge in [-0.15, -0.1) is 22.7 Å². The summed E-state index contributed by atoms with van der Waals surface area (Å²) in [5, 5.41) is 9.18. The van der Waals surface area contributed by atoms with Crippen LogP contribution in [0.3, 0.4) is 0 Å². The van der Waals surface area contributed by atoms with Crippen LogP contribution >= 0.6 is 22.7 Å². The Morgan fingerprint density at radius 3 is 2.33 bits per heavy atom. The zero-order valence-corrected chi connectivity index (χ0v) is 16.3. The van der Waals surface area contributed by atoms with Crippen molar-refractivity contribution in [2.75, 3.05) is 5.32 Å². The molecular weight excluding hydrogens is 374 g/mol. The molecule has 2 heterocycles. The summed E-state index contributed by atoms with van der Waals surface area (Å²) in [5.41, 5.74) is 4.44. The highest BCUT2D eigenvalue weighted by Gasteiger charge is 2.09. The molecule has 4 aromatic rings. The van der Waals surface area contributed by atoms with Crippen LogP contribution in [0.2, 0.25) is 0 Å². The number of carbonyl (C=O) groups excluding carboxylic acids is 1. The Bertz CT molecular complexity index is 1050. The molecular formula is C21H17N3OS2. The van der Waals surface area contributed by atoms with Crippen LogP contribution in [0.5, 0.6) is 0 Å². The minimum absolute atomic E-state index is 0.113. The second kappa shape index (κ2) is 7.82. The molecule has 0 aliphatic carbocycles. The quantitative estimate of drug-likeness (QED) is 0.494. The molecule has 6 heteroatoms. The van der Waals surface area contributed by atoms with Crippen LogP contribution in [0.1, 0.15) is 26.1 Å². The maximum Gasteiger partial charge on any atom is 0.255 e. The number of anilines is 1. The van der Waals surface area contributed by atoms with Crippen LogP contribution in [-0.2, 0) is 6.42 Å². The monoisotopic (exact) mass is 391 g/mol. The number of hydrogen-bond donors (Lipinski definition) is 1. The highest BCUT2D eigenvalue weighted by atomic mass is 32.1. The number of rotatable bonds is 5. The molecule has 2 aromatic carbocycles. The van der Waals surface area contributed by atoms with Crippen LogP contribution in [0, 0.1) is 6.92 Å². The molecule has 0 aliphatic heterocycles. The van der Waals surface area contributed by atoms with Crippen molar-refractivity contribution < 1.29 is 4.79 Å². The average molecular weight is 392 g/mol. The van der Waals surface area contributed by atoms with Gasteiger partial charge < -0.3 is 5.32 Å². The molecule has 1 amide bonds. The highest BCUT2D eigenvalue weighted by Crippen LogP contribution is 2.25. The van der Waals surface area contributed by atoms with E-state index in [0.717, 1.165) is 39.1 Å². The molecule has 1 N–H and O–H groups in total. The smallest absolute Gasteiger partial charge is 0.255 e. The summed E-state index contributed by atoms with van der Waals surface area (Å²) in [7, 11) is 0. The van der Waals surface area contributed by atoms with Crippen LogP contribution in [0.4, 0.5) is 5.69 Å². The van der Waals surface area contributed by atoms with Crippen molar-refractivity contribution in [1.82, 2.24) is 9.97 Å². The molecule has 0 saturated heterocycles. The van der Waals surface area contributed by atoms with E-state index in [9.17, 15) is 4.79 Å². The van der Waals surface area contributed by atoms with Gasteiger partial charge in [-0.05, 0) is 31.2 Å². The molecule has 0 aliphatic rings. The van der Waals surface area contributed by atoms with Gasteiger partial charge >= 0.3 is 0 Å². The molecule has 0 radical (unpaired) electrons. The predicted molar refractivity (Wildman–Crippen MR) is 112 cm³/mol. The highest BCUT2D eigenvalue weighted by molar-refractivity contribution is 7.11. The number of nitrogens with zero attached hydrogens (tertiary/aromatic N) is 2. The van der Waals surface area contributed by atoms with E-state index >= 15 is 0 Å². The molecule has 0 atom stereocenters. The minimum Gasteiger partial charge on any atom is -0.322 e. The Morgan fingerprint density at radius 1 is 0.926 bits per heavy atom. The third-order valence-electron chi connectivity index (χ3n) is 4.00. The van der Waals surface area contributed by atoms with Crippen molar-refractivity contribution in [3.63, 3.8) is 0 Å². The Kier molecular flexibility index (Phi) is 5.09. The van der Waals surface area contributed by atoms with Crippen LogP contribution in [0.15, 0.2) is 65.4 Å². The van der Waals surface area contributed by atoms with Gasteiger partial charge in [0.2, 0.25) is 0 Å². The van der Waals surface area contributed by atoms with Crippen LogP contribution in [0.25, 0.3) is 11.3 Å². The van der Waals surface area contributed by atoms with E-state index in [1.54, 1.807) is 34.8 Å². The fourth-order valence-corrected chi connectivity index (χ4v) is 4.33. The molecule has 0 unspecified atom stereocenters. The summed E-state index contributed by atoms with van der Waals surface area (Å²) in [4.78, 5) is 21.4. The van der Waals surface area contributed by atoms with Gasteiger partial charge in [0, 0.05) is 33.3 Å². The largest absolute Gasteiger partial charge is 0.322 e. The van der Waals surface area contributed by atoms with Gasteiger partial charge in [-0.2, -0.15) is 0 Å². The molecule has 4 nitrogen and oxygen atoms in total. The Hall–Kier alpha value is -2.83. The third kappa shape index (κ3) is 4.30. The third-order valence-corrected chi connectivity index (χ3v) is 5.81. The fraction of sp³-hybridized carbons (Fsp3) is 0.0952. The number of nitrogens with one attached hydrogen (secondary N) is 1. The number of carbonyl (C=O) groups is 1. The first-order valence-electron chi connectivity index (χ1n) is 8.49. The standard InChI is InChI=1S/C21H17N3OS2/c1-14-12-26-19(22-14)11-20-24-18(13-27-20)15-7-9-17(10-8-15)23-21(25)16-5-3-2-4-6-16/h2-10,12-13H,11H2,1H3,(H,23,25). The molecule has 0 fully saturated rings. The second-order valence-electron chi connectivity index (χ2n) is 6.08. The molecule has 27 heavy (non-hydrogen) atoms. The molecule has 0 bridgehead atoms. The first-order valence-corrected chi connectivity index (χ1v) is 10.3. The fourth-order valence-electron chi connectivity index (χ4n) is 2.66. The van der Waals surface area contributed by atoms with Crippen molar-refractivity contribution in [3.8, 4) is 11.3 Å². The number of aromatic nitrogens is 2. The zero-order chi connectivity index (χ0) is 18.6. The number of hydrogen-bond acceptors (Lipinski definition) is 5. The lowest BCUT2D eigenvalue weighted by Gasteiger charge is -2.06. The van der Waals surface area contributed by atoms with E-state index in [-0.39, 0.29) is 5.91 Å². The maximum atomic E-state index is 12.2. The first kappa shape index (κ1) is 17.6. The summed E-state index contributed by atoms with van der Waals surface area (Å²) in [5.74, 6) is -0.113. The number of thiazole rings is 2. The Balaban J connectivity index is 1.44. The number of benzene rings is 2. The number of amides is 1. The van der Waals surface area contributed by atoms with Crippen molar-refractivity contribution in [2.24, 2.45) is 0 Å². The summed E-state index contributed by atoms with van der Waals surface area (Å²) in [6, 6.07) is 17.0. The lowest BCUT2D eigenvalue weighted by atomic mass is 10.1. The molecule has 0 spiro atoms. The van der Waals surface area contributed by atoms with Gasteiger partial charge in [0.1, 0.15) is 5.01 Å². The van der Waals surface area contributed by atoms with Crippen molar-refractivity contribution in [3.05, 3.63) is 86.6 Å². The van der Waals surface area contributed by atoms with E-state index in [0.29, 0.717) is 5.56 Å². The van der Waals surface area contributed by atoms with Crippen molar-refractivity contribution in [2.45, 2.75) is 13.3 Å². The van der Waals surface area contributed by atoms with Gasteiger partial charge in [0.05, 0.1) is 17.1 Å². The van der Waals surface area contributed by atoms with Crippen LogP contribution in [-0.4, -0.2) is 15.9 Å². The van der Waals surface area contributed by atoms with Crippen LogP contribution < -0.4 is 5.32 Å². The summed E-state index contributed by atoms with van der Waals surface area (Å²) < 4.78 is 0. The topological polar surface area (TPSA) is 54.9 Å². The van der Waals surface area contributed by atoms with E-state index in [2.05, 4.69) is 21.1 Å². The van der Waals surface area contributed by atoms with Crippen molar-refractivity contribution in [1.29, 1.82) is 0 Å². The molecule has 2 aromatic heterocycles. The average Bonchev–Trinajstić information content (AvgIpc) is 3.32. The van der Waals surface area contributed by atoms with Gasteiger partial charge in [-0.25, -0.2) is 9.97 Å². The second-order valence-corrected chi connectivity index (χ2v) is 7.97. The normalized spacial score (nSPS) is 10.7. The van der Waals surface area contributed by atoms with Gasteiger partial charge in [-0.3, -0.25) is 4.79 Å². The molecule has 0 saturated carbocycles. The van der Waals surface area contributed by atoms with E-state index < -0.39 is 0 Å². The van der Waals surface area contributed by atoms with E-state index in [4.69, 9.17) is 4.98 Å². The van der Waals surface area contributed by atoms with E-state index in [1.807, 2.05) is 49.4 Å².